The first-order valence-corrected chi connectivity index (χ1v) is 7.53. The SMILES string of the molecule is CCC1COCCN1C1CCc2ccccc2NC1. The maximum absolute atomic E-state index is 5.63. The summed E-state index contributed by atoms with van der Waals surface area (Å²) < 4.78 is 5.63. The van der Waals surface area contributed by atoms with E-state index in [0.29, 0.717) is 12.1 Å². The summed E-state index contributed by atoms with van der Waals surface area (Å²) in [5.41, 5.74) is 2.79. The lowest BCUT2D eigenvalue weighted by Crippen LogP contribution is -2.52. The number of rotatable bonds is 2. The number of aryl methyl sites for hydroxylation is 1. The number of ether oxygens (including phenoxy) is 1. The molecule has 0 aromatic heterocycles. The monoisotopic (exact) mass is 260 g/mol. The molecule has 0 radical (unpaired) electrons. The molecule has 2 aliphatic heterocycles. The maximum atomic E-state index is 5.63. The van der Waals surface area contributed by atoms with Crippen molar-refractivity contribution in [1.82, 2.24) is 4.90 Å². The average Bonchev–Trinajstić information content (AvgIpc) is 2.70. The van der Waals surface area contributed by atoms with Crippen LogP contribution in [0.3, 0.4) is 0 Å². The zero-order valence-electron chi connectivity index (χ0n) is 11.8. The normalized spacial score (nSPS) is 28.3. The number of fused-ring (bicyclic) bond motifs is 1. The van der Waals surface area contributed by atoms with E-state index in [1.807, 2.05) is 0 Å². The van der Waals surface area contributed by atoms with Crippen molar-refractivity contribution in [1.29, 1.82) is 0 Å². The van der Waals surface area contributed by atoms with Crippen LogP contribution in [0, 0.1) is 0 Å². The summed E-state index contributed by atoms with van der Waals surface area (Å²) in [5.74, 6) is 0. The van der Waals surface area contributed by atoms with Crippen LogP contribution < -0.4 is 5.32 Å². The van der Waals surface area contributed by atoms with Gasteiger partial charge in [-0.3, -0.25) is 4.90 Å². The first-order chi connectivity index (χ1) is 9.38. The lowest BCUT2D eigenvalue weighted by molar-refractivity contribution is -0.0287. The van der Waals surface area contributed by atoms with Crippen molar-refractivity contribution < 1.29 is 4.74 Å². The largest absolute Gasteiger partial charge is 0.383 e. The molecule has 1 N–H and O–H groups in total. The molecule has 0 saturated carbocycles. The summed E-state index contributed by atoms with van der Waals surface area (Å²) in [6, 6.07) is 9.96. The Kier molecular flexibility index (Phi) is 4.04. The van der Waals surface area contributed by atoms with Crippen LogP contribution in [0.1, 0.15) is 25.3 Å². The van der Waals surface area contributed by atoms with E-state index in [4.69, 9.17) is 4.74 Å². The molecule has 1 fully saturated rings. The molecule has 3 heteroatoms. The number of morpholine rings is 1. The van der Waals surface area contributed by atoms with Gasteiger partial charge in [0.05, 0.1) is 13.2 Å². The van der Waals surface area contributed by atoms with Crippen LogP contribution in [0.2, 0.25) is 0 Å². The van der Waals surface area contributed by atoms with Crippen LogP contribution in [-0.4, -0.2) is 43.3 Å². The van der Waals surface area contributed by atoms with Gasteiger partial charge in [-0.1, -0.05) is 25.1 Å². The Hall–Kier alpha value is -1.06. The van der Waals surface area contributed by atoms with Gasteiger partial charge in [0, 0.05) is 30.9 Å². The molecule has 2 atom stereocenters. The van der Waals surface area contributed by atoms with Crippen molar-refractivity contribution in [2.75, 3.05) is 31.6 Å². The summed E-state index contributed by atoms with van der Waals surface area (Å²) in [5, 5.41) is 3.63. The van der Waals surface area contributed by atoms with Crippen LogP contribution >= 0.6 is 0 Å². The third-order valence-corrected chi connectivity index (χ3v) is 4.51. The van der Waals surface area contributed by atoms with Crippen LogP contribution in [0.5, 0.6) is 0 Å². The minimum absolute atomic E-state index is 0.599. The molecular weight excluding hydrogens is 236 g/mol. The van der Waals surface area contributed by atoms with Crippen LogP contribution in [0.4, 0.5) is 5.69 Å². The van der Waals surface area contributed by atoms with Crippen molar-refractivity contribution in [3.63, 3.8) is 0 Å². The second kappa shape index (κ2) is 5.93. The molecule has 2 unspecified atom stereocenters. The van der Waals surface area contributed by atoms with Gasteiger partial charge in [-0.25, -0.2) is 0 Å². The summed E-state index contributed by atoms with van der Waals surface area (Å²) in [6.07, 6.45) is 3.62. The van der Waals surface area contributed by atoms with Gasteiger partial charge in [0.1, 0.15) is 0 Å². The molecule has 0 amide bonds. The molecule has 104 valence electrons. The second-order valence-corrected chi connectivity index (χ2v) is 5.61. The van der Waals surface area contributed by atoms with Crippen molar-refractivity contribution in [2.24, 2.45) is 0 Å². The lowest BCUT2D eigenvalue weighted by Gasteiger charge is -2.40. The van der Waals surface area contributed by atoms with Gasteiger partial charge in [0.2, 0.25) is 0 Å². The van der Waals surface area contributed by atoms with Crippen molar-refractivity contribution >= 4 is 5.69 Å². The van der Waals surface area contributed by atoms with Gasteiger partial charge in [0.15, 0.2) is 0 Å². The molecule has 2 aliphatic rings. The molecule has 19 heavy (non-hydrogen) atoms. The number of nitrogens with zero attached hydrogens (tertiary/aromatic N) is 1. The Morgan fingerprint density at radius 3 is 3.16 bits per heavy atom. The molecule has 0 aliphatic carbocycles. The van der Waals surface area contributed by atoms with Crippen LogP contribution in [0.25, 0.3) is 0 Å². The number of para-hydroxylation sites is 1. The number of hydrogen-bond donors (Lipinski definition) is 1. The minimum Gasteiger partial charge on any atom is -0.383 e. The van der Waals surface area contributed by atoms with E-state index in [2.05, 4.69) is 41.4 Å². The van der Waals surface area contributed by atoms with Crippen molar-refractivity contribution in [2.45, 2.75) is 38.3 Å². The highest BCUT2D eigenvalue weighted by atomic mass is 16.5. The van der Waals surface area contributed by atoms with Gasteiger partial charge >= 0.3 is 0 Å². The molecule has 1 aromatic carbocycles. The highest BCUT2D eigenvalue weighted by molar-refractivity contribution is 5.52. The molecule has 0 bridgehead atoms. The van der Waals surface area contributed by atoms with Gasteiger partial charge in [0.25, 0.3) is 0 Å². The third kappa shape index (κ3) is 2.77. The van der Waals surface area contributed by atoms with Gasteiger partial charge in [-0.15, -0.1) is 0 Å². The van der Waals surface area contributed by atoms with Gasteiger partial charge < -0.3 is 10.1 Å². The number of benzene rings is 1. The first kappa shape index (κ1) is 12.9. The summed E-state index contributed by atoms with van der Waals surface area (Å²) >= 11 is 0. The molecule has 1 saturated heterocycles. The van der Waals surface area contributed by atoms with E-state index in [-0.39, 0.29) is 0 Å². The zero-order chi connectivity index (χ0) is 13.1. The Balaban J connectivity index is 1.70. The summed E-state index contributed by atoms with van der Waals surface area (Å²) in [6.45, 7) is 6.21. The van der Waals surface area contributed by atoms with Gasteiger partial charge in [-0.2, -0.15) is 0 Å². The van der Waals surface area contributed by atoms with Crippen LogP contribution in [-0.2, 0) is 11.2 Å². The Bertz CT molecular complexity index is 394. The summed E-state index contributed by atoms with van der Waals surface area (Å²) in [4.78, 5) is 2.67. The number of anilines is 1. The average molecular weight is 260 g/mol. The third-order valence-electron chi connectivity index (χ3n) is 4.51. The predicted molar refractivity (Wildman–Crippen MR) is 78.6 cm³/mol. The van der Waals surface area contributed by atoms with E-state index in [1.54, 1.807) is 0 Å². The Morgan fingerprint density at radius 2 is 2.26 bits per heavy atom. The second-order valence-electron chi connectivity index (χ2n) is 5.61. The van der Waals surface area contributed by atoms with Gasteiger partial charge in [-0.05, 0) is 30.9 Å². The quantitative estimate of drug-likeness (QED) is 0.884. The molecule has 2 heterocycles. The zero-order valence-corrected chi connectivity index (χ0v) is 11.8. The standard InChI is InChI=1S/C16H24N2O/c1-2-14-12-19-10-9-18(14)15-8-7-13-5-3-4-6-16(13)17-11-15/h3-6,14-15,17H,2,7-12H2,1H3. The summed E-state index contributed by atoms with van der Waals surface area (Å²) in [7, 11) is 0. The van der Waals surface area contributed by atoms with E-state index >= 15 is 0 Å². The van der Waals surface area contributed by atoms with E-state index in [0.717, 1.165) is 26.3 Å². The fraction of sp³-hybridized carbons (Fsp3) is 0.625. The topological polar surface area (TPSA) is 24.5 Å². The first-order valence-electron chi connectivity index (χ1n) is 7.53. The van der Waals surface area contributed by atoms with E-state index in [1.165, 1.54) is 30.5 Å². The Morgan fingerprint density at radius 1 is 1.37 bits per heavy atom. The van der Waals surface area contributed by atoms with Crippen molar-refractivity contribution in [3.05, 3.63) is 29.8 Å². The highest BCUT2D eigenvalue weighted by Gasteiger charge is 2.29. The number of hydrogen-bond acceptors (Lipinski definition) is 3. The van der Waals surface area contributed by atoms with Crippen molar-refractivity contribution in [3.8, 4) is 0 Å². The fourth-order valence-corrected chi connectivity index (χ4v) is 3.35. The maximum Gasteiger partial charge on any atom is 0.0622 e. The van der Waals surface area contributed by atoms with E-state index < -0.39 is 0 Å². The Labute approximate surface area is 115 Å². The van der Waals surface area contributed by atoms with E-state index in [9.17, 15) is 0 Å². The molecular formula is C16H24N2O. The highest BCUT2D eigenvalue weighted by Crippen LogP contribution is 2.25. The molecule has 3 rings (SSSR count). The number of nitrogens with one attached hydrogen (secondary N) is 1. The smallest absolute Gasteiger partial charge is 0.0622 e. The molecule has 3 nitrogen and oxygen atoms in total. The lowest BCUT2D eigenvalue weighted by atomic mass is 10.0. The fourth-order valence-electron chi connectivity index (χ4n) is 3.35. The molecule has 1 aromatic rings. The predicted octanol–water partition coefficient (Wildman–Crippen LogP) is 2.52. The molecule has 0 spiro atoms. The van der Waals surface area contributed by atoms with Crippen LogP contribution in [0.15, 0.2) is 24.3 Å². The minimum atomic E-state index is 0.599.